The normalized spacial score (nSPS) is 9.60. The molecule has 2 N–H and O–H groups in total. The van der Waals surface area contributed by atoms with Crippen molar-refractivity contribution in [1.82, 2.24) is 0 Å². The van der Waals surface area contributed by atoms with Crippen LogP contribution in [0.3, 0.4) is 0 Å². The van der Waals surface area contributed by atoms with E-state index in [9.17, 15) is 50.0 Å². The number of carboxylic acids is 2. The Labute approximate surface area is 163 Å². The zero-order valence-corrected chi connectivity index (χ0v) is 14.2. The highest BCUT2D eigenvalue weighted by molar-refractivity contribution is 5.93. The molecule has 0 heterocycles. The molecular formula is C14H8N4O12. The van der Waals surface area contributed by atoms with Crippen LogP contribution in [0.15, 0.2) is 36.4 Å². The van der Waals surface area contributed by atoms with Crippen molar-refractivity contribution in [3.63, 3.8) is 0 Å². The lowest BCUT2D eigenvalue weighted by Gasteiger charge is -1.97. The number of carboxylic acid groups (broad SMARTS) is 2. The van der Waals surface area contributed by atoms with Gasteiger partial charge in [-0.2, -0.15) is 0 Å². The lowest BCUT2D eigenvalue weighted by molar-refractivity contribution is -0.394. The molecule has 156 valence electrons. The molecule has 2 rings (SSSR count). The van der Waals surface area contributed by atoms with Gasteiger partial charge in [0, 0.05) is 12.1 Å². The van der Waals surface area contributed by atoms with Crippen LogP contribution < -0.4 is 0 Å². The molecule has 0 amide bonds. The SMILES string of the molecule is O=C(O)c1ccc([N+](=O)[O-])cc1[N+](=O)[O-].O=C(O)c1ccc([N+](=O)[O-])cc1[N+](=O)[O-]. The van der Waals surface area contributed by atoms with E-state index in [0.717, 1.165) is 24.3 Å². The van der Waals surface area contributed by atoms with E-state index < -0.39 is 65.5 Å². The van der Waals surface area contributed by atoms with E-state index in [1.165, 1.54) is 0 Å². The van der Waals surface area contributed by atoms with Gasteiger partial charge >= 0.3 is 11.9 Å². The molecule has 0 bridgehead atoms. The highest BCUT2D eigenvalue weighted by Crippen LogP contribution is 2.25. The third-order valence-corrected chi connectivity index (χ3v) is 3.24. The smallest absolute Gasteiger partial charge is 0.342 e. The van der Waals surface area contributed by atoms with Gasteiger partial charge < -0.3 is 10.2 Å². The first-order chi connectivity index (χ1) is 13.9. The summed E-state index contributed by atoms with van der Waals surface area (Å²) in [5.74, 6) is -3.01. The molecule has 0 radical (unpaired) electrons. The van der Waals surface area contributed by atoms with Crippen molar-refractivity contribution in [2.75, 3.05) is 0 Å². The number of nitro groups is 4. The van der Waals surface area contributed by atoms with Crippen molar-refractivity contribution >= 4 is 34.7 Å². The number of benzene rings is 2. The fourth-order valence-electron chi connectivity index (χ4n) is 1.93. The topological polar surface area (TPSA) is 247 Å². The molecule has 0 atom stereocenters. The van der Waals surface area contributed by atoms with Gasteiger partial charge in [0.2, 0.25) is 0 Å². The predicted octanol–water partition coefficient (Wildman–Crippen LogP) is 2.40. The number of hydrogen-bond acceptors (Lipinski definition) is 10. The molecular weight excluding hydrogens is 416 g/mol. The quantitative estimate of drug-likeness (QED) is 0.501. The summed E-state index contributed by atoms with van der Waals surface area (Å²) in [6.07, 6.45) is 0. The Morgan fingerprint density at radius 2 is 0.900 bits per heavy atom. The average Bonchev–Trinajstić information content (AvgIpc) is 2.67. The van der Waals surface area contributed by atoms with Crippen molar-refractivity contribution in [3.05, 3.63) is 88.0 Å². The lowest BCUT2D eigenvalue weighted by atomic mass is 10.1. The Morgan fingerprint density at radius 3 is 1.10 bits per heavy atom. The number of carbonyl (C=O) groups is 2. The molecule has 0 saturated carbocycles. The van der Waals surface area contributed by atoms with Crippen LogP contribution in [0.4, 0.5) is 22.7 Å². The second kappa shape index (κ2) is 9.26. The van der Waals surface area contributed by atoms with Crippen LogP contribution in [0.1, 0.15) is 20.7 Å². The van der Waals surface area contributed by atoms with Crippen molar-refractivity contribution in [2.24, 2.45) is 0 Å². The van der Waals surface area contributed by atoms with Crippen LogP contribution in [-0.2, 0) is 0 Å². The summed E-state index contributed by atoms with van der Waals surface area (Å²) < 4.78 is 0. The van der Waals surface area contributed by atoms with Gasteiger partial charge in [-0.15, -0.1) is 0 Å². The van der Waals surface area contributed by atoms with E-state index in [4.69, 9.17) is 10.2 Å². The molecule has 0 spiro atoms. The van der Waals surface area contributed by atoms with Gasteiger partial charge in [0.15, 0.2) is 0 Å². The number of rotatable bonds is 6. The minimum absolute atomic E-state index is 0.522. The Morgan fingerprint density at radius 1 is 0.600 bits per heavy atom. The number of aromatic carboxylic acids is 2. The number of hydrogen-bond donors (Lipinski definition) is 2. The maximum absolute atomic E-state index is 10.5. The second-order valence-electron chi connectivity index (χ2n) is 5.04. The summed E-state index contributed by atoms with van der Waals surface area (Å²) in [6, 6.07) is 4.69. The first kappa shape index (κ1) is 23.0. The molecule has 0 aliphatic carbocycles. The summed E-state index contributed by atoms with van der Waals surface area (Å²) in [5, 5.41) is 58.6. The summed E-state index contributed by atoms with van der Waals surface area (Å²) in [4.78, 5) is 58.9. The standard InChI is InChI=1S/2C7H4N2O6/c2*10-7(11)5-2-1-4(8(12)13)3-6(5)9(14)15/h2*1-3H,(H,10,11). The molecule has 0 aliphatic heterocycles. The van der Waals surface area contributed by atoms with Crippen molar-refractivity contribution in [2.45, 2.75) is 0 Å². The van der Waals surface area contributed by atoms with Crippen molar-refractivity contribution in [1.29, 1.82) is 0 Å². The molecule has 2 aromatic rings. The lowest BCUT2D eigenvalue weighted by Crippen LogP contribution is -2.03. The Hall–Kier alpha value is -5.02. The summed E-state index contributed by atoms with van der Waals surface area (Å²) >= 11 is 0. The molecule has 2 aromatic carbocycles. The minimum Gasteiger partial charge on any atom is -0.477 e. The van der Waals surface area contributed by atoms with Crippen LogP contribution in [0.5, 0.6) is 0 Å². The van der Waals surface area contributed by atoms with E-state index in [2.05, 4.69) is 0 Å². The Kier molecular flexibility index (Phi) is 7.11. The van der Waals surface area contributed by atoms with Crippen LogP contribution in [0.25, 0.3) is 0 Å². The van der Waals surface area contributed by atoms with E-state index in [0.29, 0.717) is 12.1 Å². The molecule has 0 aliphatic rings. The second-order valence-corrected chi connectivity index (χ2v) is 5.04. The fraction of sp³-hybridized carbons (Fsp3) is 0. The molecule has 0 aromatic heterocycles. The van der Waals surface area contributed by atoms with E-state index in [-0.39, 0.29) is 0 Å². The molecule has 16 heteroatoms. The molecule has 0 unspecified atom stereocenters. The van der Waals surface area contributed by atoms with Gasteiger partial charge in [-0.1, -0.05) is 0 Å². The highest BCUT2D eigenvalue weighted by Gasteiger charge is 2.24. The predicted molar refractivity (Wildman–Crippen MR) is 93.4 cm³/mol. The van der Waals surface area contributed by atoms with E-state index in [1.807, 2.05) is 0 Å². The minimum atomic E-state index is -1.50. The summed E-state index contributed by atoms with van der Waals surface area (Å²) in [7, 11) is 0. The van der Waals surface area contributed by atoms with Gasteiger partial charge in [-0.3, -0.25) is 40.5 Å². The average molecular weight is 424 g/mol. The molecule has 0 fully saturated rings. The monoisotopic (exact) mass is 424 g/mol. The summed E-state index contributed by atoms with van der Waals surface area (Å²) in [5.41, 5.74) is -3.79. The number of non-ortho nitro benzene ring substituents is 2. The zero-order valence-electron chi connectivity index (χ0n) is 14.2. The van der Waals surface area contributed by atoms with Gasteiger partial charge in [-0.25, -0.2) is 9.59 Å². The number of nitro benzene ring substituents is 4. The maximum atomic E-state index is 10.5. The summed E-state index contributed by atoms with van der Waals surface area (Å²) in [6.45, 7) is 0. The maximum Gasteiger partial charge on any atom is 0.342 e. The van der Waals surface area contributed by atoms with E-state index >= 15 is 0 Å². The zero-order chi connectivity index (χ0) is 23.2. The first-order valence-electron chi connectivity index (χ1n) is 7.19. The largest absolute Gasteiger partial charge is 0.477 e. The molecule has 16 nitrogen and oxygen atoms in total. The fourth-order valence-corrected chi connectivity index (χ4v) is 1.93. The van der Waals surface area contributed by atoms with Crippen molar-refractivity contribution < 1.29 is 39.5 Å². The van der Waals surface area contributed by atoms with Crippen LogP contribution in [0.2, 0.25) is 0 Å². The van der Waals surface area contributed by atoms with Crippen molar-refractivity contribution in [3.8, 4) is 0 Å². The Balaban J connectivity index is 0.000000300. The molecule has 30 heavy (non-hydrogen) atoms. The molecule has 0 saturated heterocycles. The van der Waals surface area contributed by atoms with Crippen LogP contribution in [-0.4, -0.2) is 41.8 Å². The van der Waals surface area contributed by atoms with Gasteiger partial charge in [-0.05, 0) is 12.1 Å². The van der Waals surface area contributed by atoms with Crippen LogP contribution in [0, 0.1) is 40.5 Å². The number of nitrogens with zero attached hydrogens (tertiary/aromatic N) is 4. The van der Waals surface area contributed by atoms with E-state index in [1.54, 1.807) is 0 Å². The van der Waals surface area contributed by atoms with Gasteiger partial charge in [0.05, 0.1) is 31.8 Å². The third-order valence-electron chi connectivity index (χ3n) is 3.24. The Bertz CT molecular complexity index is 995. The van der Waals surface area contributed by atoms with Gasteiger partial charge in [0.1, 0.15) is 11.1 Å². The van der Waals surface area contributed by atoms with Crippen LogP contribution >= 0.6 is 0 Å². The highest BCUT2D eigenvalue weighted by atomic mass is 16.6. The van der Waals surface area contributed by atoms with Gasteiger partial charge in [0.25, 0.3) is 22.7 Å². The third kappa shape index (κ3) is 5.49. The first-order valence-corrected chi connectivity index (χ1v) is 7.19.